The normalized spacial score (nSPS) is 12.7. The molecule has 3 rings (SSSR count). The zero-order chi connectivity index (χ0) is 14.7. The zero-order valence-electron chi connectivity index (χ0n) is 12.1. The fourth-order valence-corrected chi connectivity index (χ4v) is 2.68. The lowest BCUT2D eigenvalue weighted by Crippen LogP contribution is -2.17. The number of aryl methyl sites for hydroxylation is 1. The standard InChI is InChI=1S/C17H19N3O/c1-2-20-16-9-4-3-8-15(16)19-17(20)12-14(21)11-13-7-5-6-10-18-13/h3-10,14,21H,2,11-12H2,1H3. The molecule has 1 unspecified atom stereocenters. The van der Waals surface area contributed by atoms with Crippen LogP contribution < -0.4 is 0 Å². The van der Waals surface area contributed by atoms with Crippen molar-refractivity contribution in [2.45, 2.75) is 32.4 Å². The number of aromatic nitrogens is 3. The van der Waals surface area contributed by atoms with E-state index in [1.54, 1.807) is 6.20 Å². The van der Waals surface area contributed by atoms with Crippen LogP contribution in [0.15, 0.2) is 48.7 Å². The first-order chi connectivity index (χ1) is 10.3. The van der Waals surface area contributed by atoms with Crippen LogP contribution in [0.3, 0.4) is 0 Å². The van der Waals surface area contributed by atoms with Crippen LogP contribution in [0.2, 0.25) is 0 Å². The number of hydrogen-bond acceptors (Lipinski definition) is 3. The molecule has 1 N–H and O–H groups in total. The quantitative estimate of drug-likeness (QED) is 0.782. The van der Waals surface area contributed by atoms with Gasteiger partial charge in [0.05, 0.1) is 17.1 Å². The highest BCUT2D eigenvalue weighted by molar-refractivity contribution is 5.75. The minimum Gasteiger partial charge on any atom is -0.392 e. The van der Waals surface area contributed by atoms with Gasteiger partial charge in [-0.1, -0.05) is 18.2 Å². The van der Waals surface area contributed by atoms with E-state index in [2.05, 4.69) is 27.5 Å². The van der Waals surface area contributed by atoms with Gasteiger partial charge in [-0.25, -0.2) is 4.98 Å². The first-order valence-corrected chi connectivity index (χ1v) is 7.30. The monoisotopic (exact) mass is 281 g/mol. The summed E-state index contributed by atoms with van der Waals surface area (Å²) in [4.78, 5) is 8.91. The molecule has 2 heterocycles. The lowest BCUT2D eigenvalue weighted by Gasteiger charge is -2.11. The van der Waals surface area contributed by atoms with Crippen molar-refractivity contribution in [3.8, 4) is 0 Å². The molecular formula is C17H19N3O. The topological polar surface area (TPSA) is 50.9 Å². The molecule has 0 saturated carbocycles. The van der Waals surface area contributed by atoms with Crippen molar-refractivity contribution >= 4 is 11.0 Å². The van der Waals surface area contributed by atoms with Gasteiger partial charge in [-0.3, -0.25) is 4.98 Å². The number of benzene rings is 1. The smallest absolute Gasteiger partial charge is 0.112 e. The summed E-state index contributed by atoms with van der Waals surface area (Å²) in [5.74, 6) is 0.933. The third kappa shape index (κ3) is 2.95. The summed E-state index contributed by atoms with van der Waals surface area (Å²) in [6.07, 6.45) is 2.37. The van der Waals surface area contributed by atoms with Crippen LogP contribution in [-0.2, 0) is 19.4 Å². The van der Waals surface area contributed by atoms with Crippen molar-refractivity contribution in [2.75, 3.05) is 0 Å². The Kier molecular flexibility index (Phi) is 3.97. The molecule has 4 heteroatoms. The molecule has 0 amide bonds. The van der Waals surface area contributed by atoms with Crippen LogP contribution in [0, 0.1) is 0 Å². The number of aliphatic hydroxyl groups is 1. The van der Waals surface area contributed by atoms with Crippen LogP contribution >= 0.6 is 0 Å². The van der Waals surface area contributed by atoms with Gasteiger partial charge in [-0.15, -0.1) is 0 Å². The summed E-state index contributed by atoms with van der Waals surface area (Å²) >= 11 is 0. The Hall–Kier alpha value is -2.20. The maximum atomic E-state index is 10.3. The highest BCUT2D eigenvalue weighted by atomic mass is 16.3. The summed E-state index contributed by atoms with van der Waals surface area (Å²) in [5.41, 5.74) is 3.02. The second kappa shape index (κ2) is 6.06. The maximum Gasteiger partial charge on any atom is 0.112 e. The molecule has 1 aromatic carbocycles. The van der Waals surface area contributed by atoms with Crippen LogP contribution in [0.25, 0.3) is 11.0 Å². The Bertz CT molecular complexity index is 721. The van der Waals surface area contributed by atoms with Crippen LogP contribution in [0.5, 0.6) is 0 Å². The van der Waals surface area contributed by atoms with Gasteiger partial charge in [0, 0.05) is 31.3 Å². The molecule has 4 nitrogen and oxygen atoms in total. The van der Waals surface area contributed by atoms with Crippen molar-refractivity contribution in [3.63, 3.8) is 0 Å². The highest BCUT2D eigenvalue weighted by Gasteiger charge is 2.14. The van der Waals surface area contributed by atoms with E-state index in [9.17, 15) is 5.11 Å². The van der Waals surface area contributed by atoms with Crippen molar-refractivity contribution in [3.05, 3.63) is 60.2 Å². The van der Waals surface area contributed by atoms with Crippen molar-refractivity contribution in [1.29, 1.82) is 0 Å². The first-order valence-electron chi connectivity index (χ1n) is 7.30. The third-order valence-corrected chi connectivity index (χ3v) is 3.64. The van der Waals surface area contributed by atoms with Crippen LogP contribution in [0.1, 0.15) is 18.4 Å². The molecule has 0 radical (unpaired) electrons. The SMILES string of the molecule is CCn1c(CC(O)Cc2ccccn2)nc2ccccc21. The van der Waals surface area contributed by atoms with E-state index in [1.165, 1.54) is 0 Å². The third-order valence-electron chi connectivity index (χ3n) is 3.64. The molecule has 21 heavy (non-hydrogen) atoms. The minimum atomic E-state index is -0.470. The summed E-state index contributed by atoms with van der Waals surface area (Å²) in [6, 6.07) is 13.8. The van der Waals surface area contributed by atoms with Crippen molar-refractivity contribution in [1.82, 2.24) is 14.5 Å². The summed E-state index contributed by atoms with van der Waals surface area (Å²) in [7, 11) is 0. The molecule has 0 aliphatic heterocycles. The van der Waals surface area contributed by atoms with Gasteiger partial charge in [0.15, 0.2) is 0 Å². The number of pyridine rings is 1. The number of para-hydroxylation sites is 2. The van der Waals surface area contributed by atoms with Crippen LogP contribution in [0.4, 0.5) is 0 Å². The van der Waals surface area contributed by atoms with Gasteiger partial charge in [0.2, 0.25) is 0 Å². The predicted molar refractivity (Wildman–Crippen MR) is 83.1 cm³/mol. The first kappa shape index (κ1) is 13.8. The fraction of sp³-hybridized carbons (Fsp3) is 0.294. The van der Waals surface area contributed by atoms with Gasteiger partial charge in [-0.05, 0) is 31.2 Å². The predicted octanol–water partition coefficient (Wildman–Crippen LogP) is 2.60. The average Bonchev–Trinajstić information content (AvgIpc) is 2.85. The van der Waals surface area contributed by atoms with Gasteiger partial charge < -0.3 is 9.67 Å². The van der Waals surface area contributed by atoms with E-state index in [4.69, 9.17) is 0 Å². The van der Waals surface area contributed by atoms with E-state index < -0.39 is 6.10 Å². The zero-order valence-corrected chi connectivity index (χ0v) is 12.1. The lowest BCUT2D eigenvalue weighted by atomic mass is 10.1. The van der Waals surface area contributed by atoms with Gasteiger partial charge in [0.1, 0.15) is 5.82 Å². The molecular weight excluding hydrogens is 262 g/mol. The van der Waals surface area contributed by atoms with E-state index in [1.807, 2.05) is 36.4 Å². The second-order valence-electron chi connectivity index (χ2n) is 5.14. The molecule has 108 valence electrons. The lowest BCUT2D eigenvalue weighted by molar-refractivity contribution is 0.170. The summed E-state index contributed by atoms with van der Waals surface area (Å²) < 4.78 is 2.16. The largest absolute Gasteiger partial charge is 0.392 e. The Labute approximate surface area is 124 Å². The number of imidazole rings is 1. The summed E-state index contributed by atoms with van der Waals surface area (Å²) in [5, 5.41) is 10.3. The minimum absolute atomic E-state index is 0.470. The van der Waals surface area contributed by atoms with Gasteiger partial charge in [0.25, 0.3) is 0 Å². The molecule has 0 aliphatic rings. The second-order valence-corrected chi connectivity index (χ2v) is 5.14. The van der Waals surface area contributed by atoms with Crippen LogP contribution in [-0.4, -0.2) is 25.7 Å². The molecule has 0 saturated heterocycles. The highest BCUT2D eigenvalue weighted by Crippen LogP contribution is 2.17. The van der Waals surface area contributed by atoms with E-state index in [-0.39, 0.29) is 0 Å². The fourth-order valence-electron chi connectivity index (χ4n) is 2.68. The van der Waals surface area contributed by atoms with E-state index in [0.29, 0.717) is 12.8 Å². The number of aliphatic hydroxyl groups excluding tert-OH is 1. The molecule has 0 aliphatic carbocycles. The van der Waals surface area contributed by atoms with Gasteiger partial charge >= 0.3 is 0 Å². The number of rotatable bonds is 5. The van der Waals surface area contributed by atoms with Crippen molar-refractivity contribution in [2.24, 2.45) is 0 Å². The molecule has 1 atom stereocenters. The molecule has 0 fully saturated rings. The Morgan fingerprint density at radius 2 is 1.90 bits per heavy atom. The van der Waals surface area contributed by atoms with Gasteiger partial charge in [-0.2, -0.15) is 0 Å². The Morgan fingerprint density at radius 1 is 1.10 bits per heavy atom. The van der Waals surface area contributed by atoms with E-state index >= 15 is 0 Å². The number of hydrogen-bond donors (Lipinski definition) is 1. The molecule has 3 aromatic rings. The van der Waals surface area contributed by atoms with Crippen molar-refractivity contribution < 1.29 is 5.11 Å². The average molecular weight is 281 g/mol. The Morgan fingerprint density at radius 3 is 2.67 bits per heavy atom. The molecule has 2 aromatic heterocycles. The number of fused-ring (bicyclic) bond motifs is 1. The summed E-state index contributed by atoms with van der Waals surface area (Å²) in [6.45, 7) is 2.95. The molecule has 0 spiro atoms. The number of nitrogens with zero attached hydrogens (tertiary/aromatic N) is 3. The molecule has 0 bridgehead atoms. The Balaban J connectivity index is 1.81. The van der Waals surface area contributed by atoms with E-state index in [0.717, 1.165) is 29.1 Å². The maximum absolute atomic E-state index is 10.3.